The zero-order chi connectivity index (χ0) is 23.6. The highest BCUT2D eigenvalue weighted by Gasteiger charge is 2.27. The highest BCUT2D eigenvalue weighted by molar-refractivity contribution is 6.42. The van der Waals surface area contributed by atoms with E-state index in [0.717, 1.165) is 48.5 Å². The molecular weight excluding hydrogens is 459 g/mol. The average Bonchev–Trinajstić information content (AvgIpc) is 3.11. The molecule has 0 spiro atoms. The predicted molar refractivity (Wildman–Crippen MR) is 134 cm³/mol. The Balaban J connectivity index is 1.49. The van der Waals surface area contributed by atoms with Gasteiger partial charge in [-0.05, 0) is 69.4 Å². The molecule has 0 unspecified atom stereocenters. The minimum Gasteiger partial charge on any atom is -0.444 e. The SMILES string of the molecule is CC(C)(C)OC(=O)N1CCC[C@@H](CNc2nc3ccccc3n2Cc2ccc(Cl)c(Cl)c2)C1. The van der Waals surface area contributed by atoms with Crippen LogP contribution < -0.4 is 5.32 Å². The van der Waals surface area contributed by atoms with E-state index >= 15 is 0 Å². The maximum atomic E-state index is 12.5. The number of fused-ring (bicyclic) bond motifs is 1. The van der Waals surface area contributed by atoms with Crippen LogP contribution in [0.15, 0.2) is 42.5 Å². The number of rotatable bonds is 5. The first-order valence-electron chi connectivity index (χ1n) is 11.3. The third kappa shape index (κ3) is 5.92. The zero-order valence-electron chi connectivity index (χ0n) is 19.3. The van der Waals surface area contributed by atoms with Crippen molar-refractivity contribution in [3.63, 3.8) is 0 Å². The summed E-state index contributed by atoms with van der Waals surface area (Å²) in [7, 11) is 0. The van der Waals surface area contributed by atoms with Crippen LogP contribution in [0.1, 0.15) is 39.2 Å². The molecule has 1 aliphatic rings. The van der Waals surface area contributed by atoms with E-state index in [9.17, 15) is 4.79 Å². The van der Waals surface area contributed by atoms with Gasteiger partial charge in [0, 0.05) is 19.6 Å². The summed E-state index contributed by atoms with van der Waals surface area (Å²) in [6.07, 6.45) is 1.78. The van der Waals surface area contributed by atoms with Gasteiger partial charge in [0.15, 0.2) is 0 Å². The number of halogens is 2. The normalized spacial score (nSPS) is 16.8. The van der Waals surface area contributed by atoms with Crippen LogP contribution in [0.25, 0.3) is 11.0 Å². The summed E-state index contributed by atoms with van der Waals surface area (Å²) in [5.74, 6) is 1.13. The fraction of sp³-hybridized carbons (Fsp3) is 0.440. The van der Waals surface area contributed by atoms with Crippen LogP contribution in [-0.4, -0.2) is 45.8 Å². The summed E-state index contributed by atoms with van der Waals surface area (Å²) in [5, 5.41) is 4.62. The summed E-state index contributed by atoms with van der Waals surface area (Å²) >= 11 is 12.3. The number of amides is 1. The molecular formula is C25H30Cl2N4O2. The quantitative estimate of drug-likeness (QED) is 0.448. The molecule has 2 aromatic carbocycles. The second-order valence-corrected chi connectivity index (χ2v) is 10.4. The number of carbonyl (C=O) groups is 1. The van der Waals surface area contributed by atoms with Gasteiger partial charge in [-0.2, -0.15) is 0 Å². The number of hydrogen-bond donors (Lipinski definition) is 1. The van der Waals surface area contributed by atoms with Gasteiger partial charge in [0.1, 0.15) is 5.60 Å². The molecule has 2 heterocycles. The van der Waals surface area contributed by atoms with E-state index in [-0.39, 0.29) is 6.09 Å². The highest BCUT2D eigenvalue weighted by Crippen LogP contribution is 2.27. The molecule has 1 fully saturated rings. The Kier molecular flexibility index (Phi) is 7.05. The van der Waals surface area contributed by atoms with E-state index in [1.54, 1.807) is 0 Å². The van der Waals surface area contributed by atoms with E-state index < -0.39 is 5.60 Å². The minimum atomic E-state index is -0.488. The minimum absolute atomic E-state index is 0.237. The summed E-state index contributed by atoms with van der Waals surface area (Å²) in [6, 6.07) is 13.8. The van der Waals surface area contributed by atoms with E-state index in [1.807, 2.05) is 62.1 Å². The lowest BCUT2D eigenvalue weighted by Gasteiger charge is -2.34. The monoisotopic (exact) mass is 488 g/mol. The van der Waals surface area contributed by atoms with Crippen molar-refractivity contribution in [1.82, 2.24) is 14.5 Å². The molecule has 1 saturated heterocycles. The Morgan fingerprint density at radius 2 is 1.97 bits per heavy atom. The number of likely N-dealkylation sites (tertiary alicyclic amines) is 1. The van der Waals surface area contributed by atoms with E-state index in [1.165, 1.54) is 0 Å². The Morgan fingerprint density at radius 3 is 2.73 bits per heavy atom. The first kappa shape index (κ1) is 23.7. The number of benzene rings is 2. The number of piperidine rings is 1. The van der Waals surface area contributed by atoms with Gasteiger partial charge in [0.05, 0.1) is 27.6 Å². The maximum absolute atomic E-state index is 12.5. The summed E-state index contributed by atoms with van der Waals surface area (Å²) in [4.78, 5) is 19.1. The van der Waals surface area contributed by atoms with Crippen molar-refractivity contribution in [3.05, 3.63) is 58.1 Å². The van der Waals surface area contributed by atoms with Gasteiger partial charge in [0.25, 0.3) is 0 Å². The lowest BCUT2D eigenvalue weighted by atomic mass is 9.98. The van der Waals surface area contributed by atoms with Crippen LogP contribution in [-0.2, 0) is 11.3 Å². The number of aromatic nitrogens is 2. The second kappa shape index (κ2) is 9.82. The number of ether oxygens (including phenoxy) is 1. The fourth-order valence-corrected chi connectivity index (χ4v) is 4.47. The topological polar surface area (TPSA) is 59.4 Å². The van der Waals surface area contributed by atoms with Crippen molar-refractivity contribution in [2.75, 3.05) is 25.0 Å². The van der Waals surface area contributed by atoms with Crippen LogP contribution in [0, 0.1) is 5.92 Å². The summed E-state index contributed by atoms with van der Waals surface area (Å²) < 4.78 is 7.72. The van der Waals surface area contributed by atoms with Gasteiger partial charge >= 0.3 is 6.09 Å². The van der Waals surface area contributed by atoms with Crippen LogP contribution in [0.5, 0.6) is 0 Å². The maximum Gasteiger partial charge on any atom is 0.410 e. The van der Waals surface area contributed by atoms with Gasteiger partial charge < -0.3 is 19.5 Å². The van der Waals surface area contributed by atoms with Crippen LogP contribution in [0.3, 0.4) is 0 Å². The molecule has 1 atom stereocenters. The van der Waals surface area contributed by atoms with E-state index in [0.29, 0.717) is 29.1 Å². The van der Waals surface area contributed by atoms with Crippen molar-refractivity contribution >= 4 is 46.3 Å². The highest BCUT2D eigenvalue weighted by atomic mass is 35.5. The van der Waals surface area contributed by atoms with E-state index in [4.69, 9.17) is 32.9 Å². The molecule has 1 aliphatic heterocycles. The van der Waals surface area contributed by atoms with Crippen molar-refractivity contribution < 1.29 is 9.53 Å². The van der Waals surface area contributed by atoms with Crippen LogP contribution in [0.4, 0.5) is 10.7 Å². The number of nitrogens with one attached hydrogen (secondary N) is 1. The summed E-state index contributed by atoms with van der Waals surface area (Å²) in [5.41, 5.74) is 2.53. The molecule has 1 N–H and O–H groups in total. The zero-order valence-corrected chi connectivity index (χ0v) is 20.8. The molecule has 0 saturated carbocycles. The smallest absolute Gasteiger partial charge is 0.410 e. The molecule has 1 amide bonds. The Morgan fingerprint density at radius 1 is 1.18 bits per heavy atom. The molecule has 0 aliphatic carbocycles. The molecule has 0 bridgehead atoms. The third-order valence-electron chi connectivity index (χ3n) is 5.70. The molecule has 33 heavy (non-hydrogen) atoms. The first-order valence-corrected chi connectivity index (χ1v) is 12.1. The van der Waals surface area contributed by atoms with Crippen molar-refractivity contribution in [2.45, 2.75) is 45.8 Å². The number of anilines is 1. The number of nitrogens with zero attached hydrogens (tertiary/aromatic N) is 3. The van der Waals surface area contributed by atoms with Gasteiger partial charge in [-0.15, -0.1) is 0 Å². The summed E-state index contributed by atoms with van der Waals surface area (Å²) in [6.45, 7) is 8.44. The predicted octanol–water partition coefficient (Wildman–Crippen LogP) is 6.45. The molecule has 176 valence electrons. The molecule has 1 aromatic heterocycles. The number of imidazole rings is 1. The Hall–Kier alpha value is -2.44. The molecule has 3 aromatic rings. The number of para-hydroxylation sites is 2. The molecule has 0 radical (unpaired) electrons. The second-order valence-electron chi connectivity index (χ2n) is 9.57. The van der Waals surface area contributed by atoms with Gasteiger partial charge in [-0.3, -0.25) is 0 Å². The van der Waals surface area contributed by atoms with E-state index in [2.05, 4.69) is 16.0 Å². The average molecular weight is 489 g/mol. The standard InChI is InChI=1S/C25H30Cl2N4O2/c1-25(2,3)33-24(32)30-12-6-7-18(15-30)14-28-23-29-21-8-4-5-9-22(21)31(23)16-17-10-11-19(26)20(27)13-17/h4-5,8-11,13,18H,6-7,12,14-16H2,1-3H3,(H,28,29)/t18-/m0/s1. The Labute approximate surface area is 204 Å². The molecule has 8 heteroatoms. The van der Waals surface area contributed by atoms with Crippen LogP contribution in [0.2, 0.25) is 10.0 Å². The largest absolute Gasteiger partial charge is 0.444 e. The Bertz CT molecular complexity index is 1140. The lowest BCUT2D eigenvalue weighted by molar-refractivity contribution is 0.0172. The lowest BCUT2D eigenvalue weighted by Crippen LogP contribution is -2.44. The molecule has 4 rings (SSSR count). The number of carbonyl (C=O) groups excluding carboxylic acids is 1. The molecule has 6 nitrogen and oxygen atoms in total. The number of hydrogen-bond acceptors (Lipinski definition) is 4. The fourth-order valence-electron chi connectivity index (χ4n) is 4.15. The van der Waals surface area contributed by atoms with Crippen molar-refractivity contribution in [1.29, 1.82) is 0 Å². The van der Waals surface area contributed by atoms with Gasteiger partial charge in [0.2, 0.25) is 5.95 Å². The van der Waals surface area contributed by atoms with Crippen molar-refractivity contribution in [3.8, 4) is 0 Å². The van der Waals surface area contributed by atoms with Crippen molar-refractivity contribution in [2.24, 2.45) is 5.92 Å². The first-order chi connectivity index (χ1) is 15.7. The van der Waals surface area contributed by atoms with Gasteiger partial charge in [-0.25, -0.2) is 9.78 Å². The van der Waals surface area contributed by atoms with Gasteiger partial charge in [-0.1, -0.05) is 41.4 Å². The third-order valence-corrected chi connectivity index (χ3v) is 6.44. The van der Waals surface area contributed by atoms with Crippen LogP contribution >= 0.6 is 23.2 Å².